The maximum Gasteiger partial charge on any atom is 0.271 e. The average molecular weight is 317 g/mol. The van der Waals surface area contributed by atoms with Crippen LogP contribution in [0.4, 0.5) is 0 Å². The molecular weight excluding hydrogens is 300 g/mol. The van der Waals surface area contributed by atoms with Gasteiger partial charge in [-0.25, -0.2) is 5.43 Å². The Balaban J connectivity index is 1.89. The fourth-order valence-electron chi connectivity index (χ4n) is 1.70. The zero-order valence-corrected chi connectivity index (χ0v) is 13.0. The minimum atomic E-state index is -0.282. The van der Waals surface area contributed by atoms with Crippen molar-refractivity contribution in [2.75, 3.05) is 6.61 Å². The van der Waals surface area contributed by atoms with Gasteiger partial charge in [0.05, 0.1) is 12.8 Å². The van der Waals surface area contributed by atoms with Crippen molar-refractivity contribution >= 4 is 23.7 Å². The van der Waals surface area contributed by atoms with Crippen LogP contribution in [0, 0.1) is 0 Å². The molecule has 2 aromatic carbocycles. The maximum absolute atomic E-state index is 11.8. The summed E-state index contributed by atoms with van der Waals surface area (Å²) in [6, 6.07) is 14.1. The number of halogens is 1. The number of benzene rings is 2. The maximum atomic E-state index is 11.8. The first-order chi connectivity index (χ1) is 10.7. The number of nitrogens with one attached hydrogen (secondary N) is 1. The average Bonchev–Trinajstić information content (AvgIpc) is 2.54. The van der Waals surface area contributed by atoms with Gasteiger partial charge in [-0.05, 0) is 60.5 Å². The molecule has 2 aromatic rings. The Labute approximate surface area is 134 Å². The molecule has 2 rings (SSSR count). The highest BCUT2D eigenvalue weighted by Crippen LogP contribution is 2.11. The van der Waals surface area contributed by atoms with Crippen LogP contribution in [0.15, 0.2) is 53.6 Å². The van der Waals surface area contributed by atoms with Crippen LogP contribution in [0.2, 0.25) is 5.02 Å². The Hall–Kier alpha value is -2.33. The highest BCUT2D eigenvalue weighted by Gasteiger charge is 2.02. The first-order valence-corrected chi connectivity index (χ1v) is 7.38. The van der Waals surface area contributed by atoms with Crippen LogP contribution in [-0.2, 0) is 0 Å². The van der Waals surface area contributed by atoms with Crippen molar-refractivity contribution in [2.45, 2.75) is 13.3 Å². The Bertz CT molecular complexity index is 637. The molecular formula is C17H17ClN2O2. The lowest BCUT2D eigenvalue weighted by molar-refractivity contribution is 0.0955. The Morgan fingerprint density at radius 3 is 2.50 bits per heavy atom. The quantitative estimate of drug-likeness (QED) is 0.649. The summed E-state index contributed by atoms with van der Waals surface area (Å²) in [5.41, 5.74) is 3.85. The predicted octanol–water partition coefficient (Wildman–Crippen LogP) is 3.89. The van der Waals surface area contributed by atoms with Crippen LogP contribution in [-0.4, -0.2) is 18.7 Å². The van der Waals surface area contributed by atoms with E-state index in [0.717, 1.165) is 17.7 Å². The van der Waals surface area contributed by atoms with E-state index in [1.165, 1.54) is 0 Å². The molecule has 1 amide bonds. The Morgan fingerprint density at radius 2 is 1.86 bits per heavy atom. The monoisotopic (exact) mass is 316 g/mol. The predicted molar refractivity (Wildman–Crippen MR) is 88.7 cm³/mol. The summed E-state index contributed by atoms with van der Waals surface area (Å²) in [7, 11) is 0. The van der Waals surface area contributed by atoms with Gasteiger partial charge in [0.2, 0.25) is 0 Å². The first-order valence-electron chi connectivity index (χ1n) is 7.01. The number of carbonyl (C=O) groups is 1. The lowest BCUT2D eigenvalue weighted by atomic mass is 10.2. The smallest absolute Gasteiger partial charge is 0.271 e. The van der Waals surface area contributed by atoms with E-state index in [0.29, 0.717) is 17.2 Å². The third-order valence-corrected chi connectivity index (χ3v) is 3.09. The van der Waals surface area contributed by atoms with E-state index >= 15 is 0 Å². The lowest BCUT2D eigenvalue weighted by Crippen LogP contribution is -2.17. The van der Waals surface area contributed by atoms with Crippen molar-refractivity contribution in [1.29, 1.82) is 0 Å². The van der Waals surface area contributed by atoms with E-state index in [9.17, 15) is 4.79 Å². The molecule has 0 atom stereocenters. The summed E-state index contributed by atoms with van der Waals surface area (Å²) in [6.07, 6.45) is 2.55. The second-order valence-electron chi connectivity index (χ2n) is 4.62. The first kappa shape index (κ1) is 16.0. The van der Waals surface area contributed by atoms with Crippen molar-refractivity contribution in [2.24, 2.45) is 5.10 Å². The van der Waals surface area contributed by atoms with Gasteiger partial charge in [0.15, 0.2) is 0 Å². The number of hydrazone groups is 1. The molecule has 0 spiro atoms. The molecule has 4 nitrogen and oxygen atoms in total. The van der Waals surface area contributed by atoms with Crippen LogP contribution in [0.5, 0.6) is 5.75 Å². The van der Waals surface area contributed by atoms with Crippen molar-refractivity contribution in [3.05, 3.63) is 64.7 Å². The zero-order chi connectivity index (χ0) is 15.8. The van der Waals surface area contributed by atoms with Gasteiger partial charge in [-0.1, -0.05) is 18.5 Å². The molecule has 114 valence electrons. The van der Waals surface area contributed by atoms with E-state index < -0.39 is 0 Å². The molecule has 0 unspecified atom stereocenters. The highest BCUT2D eigenvalue weighted by atomic mass is 35.5. The fraction of sp³-hybridized carbons (Fsp3) is 0.176. The van der Waals surface area contributed by atoms with E-state index in [2.05, 4.69) is 17.5 Å². The lowest BCUT2D eigenvalue weighted by Gasteiger charge is -2.04. The highest BCUT2D eigenvalue weighted by molar-refractivity contribution is 6.30. The van der Waals surface area contributed by atoms with Crippen LogP contribution < -0.4 is 10.2 Å². The van der Waals surface area contributed by atoms with Gasteiger partial charge >= 0.3 is 0 Å². The molecule has 0 radical (unpaired) electrons. The second-order valence-corrected chi connectivity index (χ2v) is 5.06. The van der Waals surface area contributed by atoms with Crippen LogP contribution in [0.3, 0.4) is 0 Å². The molecule has 22 heavy (non-hydrogen) atoms. The SMILES string of the molecule is CCCOc1ccc(C=NNC(=O)c2ccc(Cl)cc2)cc1. The third-order valence-electron chi connectivity index (χ3n) is 2.84. The zero-order valence-electron chi connectivity index (χ0n) is 12.3. The standard InChI is InChI=1S/C17H17ClN2O2/c1-2-11-22-16-9-3-13(4-10-16)12-19-20-17(21)14-5-7-15(18)8-6-14/h3-10,12H,2,11H2,1H3,(H,20,21). The molecule has 0 aliphatic carbocycles. The molecule has 0 aliphatic rings. The van der Waals surface area contributed by atoms with Gasteiger partial charge in [-0.15, -0.1) is 0 Å². The molecule has 0 saturated heterocycles. The fourth-order valence-corrected chi connectivity index (χ4v) is 1.83. The number of amides is 1. The van der Waals surface area contributed by atoms with Crippen LogP contribution in [0.1, 0.15) is 29.3 Å². The van der Waals surface area contributed by atoms with E-state index in [-0.39, 0.29) is 5.91 Å². The van der Waals surface area contributed by atoms with Crippen molar-refractivity contribution in [3.63, 3.8) is 0 Å². The molecule has 5 heteroatoms. The Morgan fingerprint density at radius 1 is 1.18 bits per heavy atom. The normalized spacial score (nSPS) is 10.6. The van der Waals surface area contributed by atoms with Gasteiger partial charge in [0.25, 0.3) is 5.91 Å². The van der Waals surface area contributed by atoms with E-state index in [1.807, 2.05) is 24.3 Å². The van der Waals surface area contributed by atoms with Crippen LogP contribution >= 0.6 is 11.6 Å². The summed E-state index contributed by atoms with van der Waals surface area (Å²) >= 11 is 5.77. The Kier molecular flexibility index (Phi) is 5.98. The number of carbonyl (C=O) groups excluding carboxylic acids is 1. The molecule has 0 aromatic heterocycles. The number of nitrogens with zero attached hydrogens (tertiary/aromatic N) is 1. The van der Waals surface area contributed by atoms with Gasteiger partial charge in [-0.2, -0.15) is 5.10 Å². The number of ether oxygens (including phenoxy) is 1. The van der Waals surface area contributed by atoms with Crippen molar-refractivity contribution in [1.82, 2.24) is 5.43 Å². The van der Waals surface area contributed by atoms with E-state index in [4.69, 9.17) is 16.3 Å². The molecule has 0 fully saturated rings. The topological polar surface area (TPSA) is 50.7 Å². The summed E-state index contributed by atoms with van der Waals surface area (Å²) in [4.78, 5) is 11.8. The summed E-state index contributed by atoms with van der Waals surface area (Å²) < 4.78 is 5.50. The number of hydrogen-bond donors (Lipinski definition) is 1. The largest absolute Gasteiger partial charge is 0.494 e. The van der Waals surface area contributed by atoms with Crippen LogP contribution in [0.25, 0.3) is 0 Å². The van der Waals surface area contributed by atoms with Gasteiger partial charge in [-0.3, -0.25) is 4.79 Å². The van der Waals surface area contributed by atoms with Crippen molar-refractivity contribution < 1.29 is 9.53 Å². The molecule has 0 aliphatic heterocycles. The van der Waals surface area contributed by atoms with Gasteiger partial charge in [0.1, 0.15) is 5.75 Å². The van der Waals surface area contributed by atoms with Gasteiger partial charge in [0, 0.05) is 10.6 Å². The summed E-state index contributed by atoms with van der Waals surface area (Å²) in [5, 5.41) is 4.52. The number of hydrogen-bond acceptors (Lipinski definition) is 3. The number of rotatable bonds is 6. The second kappa shape index (κ2) is 8.20. The minimum Gasteiger partial charge on any atom is -0.494 e. The summed E-state index contributed by atoms with van der Waals surface area (Å²) in [6.45, 7) is 2.76. The molecule has 1 N–H and O–H groups in total. The molecule has 0 bridgehead atoms. The van der Waals surface area contributed by atoms with Gasteiger partial charge < -0.3 is 4.74 Å². The molecule has 0 saturated carbocycles. The minimum absolute atomic E-state index is 0.282. The van der Waals surface area contributed by atoms with Crippen molar-refractivity contribution in [3.8, 4) is 5.75 Å². The molecule has 0 heterocycles. The summed E-state index contributed by atoms with van der Waals surface area (Å²) in [5.74, 6) is 0.542. The van der Waals surface area contributed by atoms with E-state index in [1.54, 1.807) is 30.5 Å². The third kappa shape index (κ3) is 4.90.